The number of rotatable bonds is 21. The molecular weight excluding hydrogens is 968 g/mol. The van der Waals surface area contributed by atoms with Gasteiger partial charge in [-0.3, -0.25) is 29.1 Å². The van der Waals surface area contributed by atoms with Crippen LogP contribution >= 0.6 is 11.8 Å². The van der Waals surface area contributed by atoms with E-state index in [9.17, 15) is 47.0 Å². The Hall–Kier alpha value is -8.52. The summed E-state index contributed by atoms with van der Waals surface area (Å²) in [6.45, 7) is 1.40. The second-order valence-corrected chi connectivity index (χ2v) is 17.6. The van der Waals surface area contributed by atoms with Gasteiger partial charge >= 0.3 is 24.0 Å². The lowest BCUT2D eigenvalue weighted by atomic mass is 9.84. The number of amides is 3. The number of aliphatic carboxylic acids is 1. The standard InChI is InChI=1S/C53H48F3N7O9S/c1-2-71-40-24-18-33(19-25-40)31-72-50(69)43(32-73-52(35-12-6-3-7-13-35,36-14-8-4-9-15-36)37-16-10-5-11-17-37)60-45(64)27-26-41(49(67)68)61-47(65)34-20-22-39(23-21-34)63(51(70)53(54,55)56)30-38-29-58-42-28-44(57)62-48(66)46(42)59-38/h3-25,28-29,41,43H,2,26-27,30-32H2,1H3,(H,60,64)(H,61,65)(H,67,68)(H3,57,62,66)/t41-,43-/m1/s1. The number of benzene rings is 5. The molecule has 0 unspecified atom stereocenters. The third-order valence-corrected chi connectivity index (χ3v) is 13.0. The molecular formula is C53H48F3N7O9S. The van der Waals surface area contributed by atoms with Crippen LogP contribution in [0.2, 0.25) is 0 Å². The third kappa shape index (κ3) is 13.1. The highest BCUT2D eigenvalue weighted by Crippen LogP contribution is 2.48. The van der Waals surface area contributed by atoms with Crippen LogP contribution in [0.15, 0.2) is 157 Å². The van der Waals surface area contributed by atoms with Crippen LogP contribution in [0.4, 0.5) is 24.7 Å². The molecule has 0 aliphatic carbocycles. The summed E-state index contributed by atoms with van der Waals surface area (Å²) < 4.78 is 52.0. The number of pyridine rings is 1. The number of esters is 1. The SMILES string of the molecule is CCOc1ccc(COC(=O)[C@@H](CSC(c2ccccc2)(c2ccccc2)c2ccccc2)NC(=O)CC[C@@H](NC(=O)c2ccc(N(Cc3cnc4cc(N)[nH]c(=O)c4n3)C(=O)C(F)(F)F)cc2)C(=O)O)cc1. The summed E-state index contributed by atoms with van der Waals surface area (Å²) in [6.07, 6.45) is -5.18. The van der Waals surface area contributed by atoms with Gasteiger partial charge in [-0.1, -0.05) is 103 Å². The number of alkyl halides is 3. The lowest BCUT2D eigenvalue weighted by Crippen LogP contribution is -2.46. The van der Waals surface area contributed by atoms with Crippen LogP contribution in [0.5, 0.6) is 5.75 Å². The molecule has 2 atom stereocenters. The molecule has 7 aromatic rings. The number of carbonyl (C=O) groups excluding carboxylic acids is 4. The Morgan fingerprint density at radius 1 is 0.808 bits per heavy atom. The van der Waals surface area contributed by atoms with Crippen LogP contribution in [0, 0.1) is 0 Å². The van der Waals surface area contributed by atoms with Crippen molar-refractivity contribution in [1.29, 1.82) is 0 Å². The normalized spacial score (nSPS) is 12.3. The van der Waals surface area contributed by atoms with E-state index in [0.29, 0.717) is 22.8 Å². The number of halogens is 3. The molecule has 0 bridgehead atoms. The van der Waals surface area contributed by atoms with Crippen LogP contribution in [0.1, 0.15) is 58.1 Å². The fourth-order valence-corrected chi connectivity index (χ4v) is 9.38. The van der Waals surface area contributed by atoms with E-state index in [1.807, 2.05) is 97.9 Å². The molecule has 0 fully saturated rings. The zero-order chi connectivity index (χ0) is 52.1. The van der Waals surface area contributed by atoms with Crippen molar-refractivity contribution in [3.05, 3.63) is 196 Å². The van der Waals surface area contributed by atoms with Crippen LogP contribution in [-0.2, 0) is 41.8 Å². The predicted molar refractivity (Wildman–Crippen MR) is 267 cm³/mol. The van der Waals surface area contributed by atoms with E-state index in [0.717, 1.165) is 47.2 Å². The van der Waals surface area contributed by atoms with Crippen molar-refractivity contribution in [3.63, 3.8) is 0 Å². The molecule has 3 amide bonds. The van der Waals surface area contributed by atoms with Gasteiger partial charge in [-0.05, 0) is 72.0 Å². The molecule has 7 rings (SSSR count). The van der Waals surface area contributed by atoms with Crippen molar-refractivity contribution in [2.75, 3.05) is 23.0 Å². The summed E-state index contributed by atoms with van der Waals surface area (Å²) in [5.41, 5.74) is 7.37. The van der Waals surface area contributed by atoms with E-state index in [2.05, 4.69) is 25.6 Å². The minimum Gasteiger partial charge on any atom is -0.494 e. The molecule has 16 nitrogen and oxygen atoms in total. The monoisotopic (exact) mass is 1020 g/mol. The van der Waals surface area contributed by atoms with Gasteiger partial charge < -0.3 is 35.9 Å². The van der Waals surface area contributed by atoms with Crippen LogP contribution < -0.4 is 31.6 Å². The number of H-pyrrole nitrogens is 1. The zero-order valence-corrected chi connectivity index (χ0v) is 39.8. The highest BCUT2D eigenvalue weighted by molar-refractivity contribution is 8.00. The molecule has 20 heteroatoms. The van der Waals surface area contributed by atoms with Gasteiger partial charge in [0.05, 0.1) is 35.3 Å². The third-order valence-electron chi connectivity index (χ3n) is 11.4. The first kappa shape index (κ1) is 52.3. The van der Waals surface area contributed by atoms with Crippen molar-refractivity contribution in [3.8, 4) is 5.75 Å². The number of nitrogen functional groups attached to an aromatic ring is 1. The van der Waals surface area contributed by atoms with Gasteiger partial charge in [0, 0.05) is 29.5 Å². The maximum Gasteiger partial charge on any atom is 0.471 e. The average Bonchev–Trinajstić information content (AvgIpc) is 3.39. The average molecular weight is 1020 g/mol. The Balaban J connectivity index is 1.07. The van der Waals surface area contributed by atoms with E-state index in [4.69, 9.17) is 15.2 Å². The molecule has 73 heavy (non-hydrogen) atoms. The smallest absolute Gasteiger partial charge is 0.471 e. The molecule has 2 aromatic heterocycles. The fourth-order valence-electron chi connectivity index (χ4n) is 7.84. The highest BCUT2D eigenvalue weighted by Gasteiger charge is 2.43. The maximum atomic E-state index is 14.1. The Morgan fingerprint density at radius 3 is 1.95 bits per heavy atom. The number of thioether (sulfide) groups is 1. The summed E-state index contributed by atoms with van der Waals surface area (Å²) in [7, 11) is 0. The van der Waals surface area contributed by atoms with Gasteiger partial charge in [0.25, 0.3) is 11.5 Å². The van der Waals surface area contributed by atoms with E-state index in [1.165, 1.54) is 17.8 Å². The zero-order valence-electron chi connectivity index (χ0n) is 39.0. The minimum atomic E-state index is -5.35. The molecule has 0 saturated heterocycles. The van der Waals surface area contributed by atoms with Crippen molar-refractivity contribution in [2.24, 2.45) is 0 Å². The Bertz CT molecular complexity index is 3020. The lowest BCUT2D eigenvalue weighted by molar-refractivity contribution is -0.170. The summed E-state index contributed by atoms with van der Waals surface area (Å²) in [4.78, 5) is 89.6. The molecule has 0 spiro atoms. The van der Waals surface area contributed by atoms with Crippen molar-refractivity contribution in [2.45, 2.75) is 55.9 Å². The number of fused-ring (bicyclic) bond motifs is 1. The van der Waals surface area contributed by atoms with Crippen LogP contribution in [0.3, 0.4) is 0 Å². The Labute approximate surface area is 420 Å². The molecule has 0 saturated carbocycles. The summed E-state index contributed by atoms with van der Waals surface area (Å²) in [5.74, 6) is -5.63. The predicted octanol–water partition coefficient (Wildman–Crippen LogP) is 7.31. The van der Waals surface area contributed by atoms with Crippen LogP contribution in [0.25, 0.3) is 11.0 Å². The molecule has 0 aliphatic rings. The number of anilines is 2. The van der Waals surface area contributed by atoms with Crippen molar-refractivity contribution >= 4 is 64.0 Å². The molecule has 2 heterocycles. The molecule has 6 N–H and O–H groups in total. The summed E-state index contributed by atoms with van der Waals surface area (Å²) in [5, 5.41) is 15.2. The number of aromatic nitrogens is 3. The first-order chi connectivity index (χ1) is 35.0. The summed E-state index contributed by atoms with van der Waals surface area (Å²) in [6, 6.07) is 38.7. The lowest BCUT2D eigenvalue weighted by Gasteiger charge is -2.36. The number of nitrogens with two attached hydrogens (primary N) is 1. The number of carboxylic acids is 1. The second-order valence-electron chi connectivity index (χ2n) is 16.4. The Morgan fingerprint density at radius 2 is 1.40 bits per heavy atom. The molecule has 5 aromatic carbocycles. The number of ether oxygens (including phenoxy) is 2. The van der Waals surface area contributed by atoms with Crippen molar-refractivity contribution < 1.29 is 51.7 Å². The van der Waals surface area contributed by atoms with Crippen molar-refractivity contribution in [1.82, 2.24) is 25.6 Å². The first-order valence-corrected chi connectivity index (χ1v) is 23.7. The van der Waals surface area contributed by atoms with Gasteiger partial charge in [-0.25, -0.2) is 14.6 Å². The van der Waals surface area contributed by atoms with Gasteiger partial charge in [-0.15, -0.1) is 11.8 Å². The number of hydrogen-bond acceptors (Lipinski definition) is 12. The number of carbonyl (C=O) groups is 5. The topological polar surface area (TPSA) is 236 Å². The number of nitrogens with one attached hydrogen (secondary N) is 3. The number of nitrogens with zero attached hydrogens (tertiary/aromatic N) is 3. The van der Waals surface area contributed by atoms with Gasteiger partial charge in [0.2, 0.25) is 5.91 Å². The number of aromatic amines is 1. The summed E-state index contributed by atoms with van der Waals surface area (Å²) >= 11 is 1.40. The maximum absolute atomic E-state index is 14.1. The number of carboxylic acid groups (broad SMARTS) is 1. The molecule has 376 valence electrons. The molecule has 0 radical (unpaired) electrons. The first-order valence-electron chi connectivity index (χ1n) is 22.7. The van der Waals surface area contributed by atoms with Gasteiger partial charge in [-0.2, -0.15) is 13.2 Å². The number of hydrogen-bond donors (Lipinski definition) is 5. The van der Waals surface area contributed by atoms with E-state index in [-0.39, 0.29) is 46.2 Å². The van der Waals surface area contributed by atoms with E-state index in [1.54, 1.807) is 24.3 Å². The fraction of sp³-hybridized carbons (Fsp3) is 0.208. The quantitative estimate of drug-likeness (QED) is 0.0351. The minimum absolute atomic E-state index is 0.0152. The highest BCUT2D eigenvalue weighted by atomic mass is 32.2. The molecule has 0 aliphatic heterocycles. The van der Waals surface area contributed by atoms with E-state index >= 15 is 0 Å². The van der Waals surface area contributed by atoms with Gasteiger partial charge in [0.15, 0.2) is 5.52 Å². The van der Waals surface area contributed by atoms with Gasteiger partial charge in [0.1, 0.15) is 30.3 Å². The van der Waals surface area contributed by atoms with Crippen LogP contribution in [-0.4, -0.2) is 80.3 Å². The van der Waals surface area contributed by atoms with E-state index < -0.39 is 77.6 Å². The largest absolute Gasteiger partial charge is 0.494 e. The second kappa shape index (κ2) is 23.6. The Kier molecular flexibility index (Phi) is 16.9.